The smallest absolute Gasteiger partial charge is 0.191 e. The maximum absolute atomic E-state index is 6.03. The number of anilines is 1. The van der Waals surface area contributed by atoms with Gasteiger partial charge in [0.1, 0.15) is 5.82 Å². The summed E-state index contributed by atoms with van der Waals surface area (Å²) >= 11 is 0. The van der Waals surface area contributed by atoms with Crippen LogP contribution in [0.5, 0.6) is 0 Å². The van der Waals surface area contributed by atoms with Crippen LogP contribution in [0.4, 0.5) is 5.82 Å². The Morgan fingerprint density at radius 1 is 1.38 bits per heavy atom. The molecule has 146 valence electrons. The molecule has 0 aromatic carbocycles. The van der Waals surface area contributed by atoms with Crippen LogP contribution in [0.3, 0.4) is 0 Å². The Labute approximate surface area is 158 Å². The first kappa shape index (κ1) is 20.5. The van der Waals surface area contributed by atoms with Gasteiger partial charge < -0.3 is 20.3 Å². The minimum Gasteiger partial charge on any atom is -0.378 e. The second-order valence-electron chi connectivity index (χ2n) is 7.77. The largest absolute Gasteiger partial charge is 0.378 e. The molecule has 6 heteroatoms. The second-order valence-corrected chi connectivity index (χ2v) is 7.77. The van der Waals surface area contributed by atoms with Gasteiger partial charge in [0.05, 0.1) is 18.3 Å². The molecule has 2 N–H and O–H groups in total. The van der Waals surface area contributed by atoms with E-state index in [9.17, 15) is 0 Å². The number of nitrogens with zero attached hydrogens (tertiary/aromatic N) is 3. The monoisotopic (exact) mass is 361 g/mol. The van der Waals surface area contributed by atoms with Crippen LogP contribution in [0, 0.1) is 5.41 Å². The van der Waals surface area contributed by atoms with Gasteiger partial charge in [0.2, 0.25) is 0 Å². The van der Waals surface area contributed by atoms with Gasteiger partial charge in [0, 0.05) is 39.2 Å². The van der Waals surface area contributed by atoms with Crippen molar-refractivity contribution >= 4 is 11.8 Å². The summed E-state index contributed by atoms with van der Waals surface area (Å²) in [5, 5.41) is 6.92. The van der Waals surface area contributed by atoms with Crippen molar-refractivity contribution < 1.29 is 4.74 Å². The third-order valence-corrected chi connectivity index (χ3v) is 5.22. The molecule has 1 aromatic rings. The summed E-state index contributed by atoms with van der Waals surface area (Å²) in [6.07, 6.45) is 3.65. The first-order valence-corrected chi connectivity index (χ1v) is 9.60. The van der Waals surface area contributed by atoms with Crippen LogP contribution >= 0.6 is 0 Å². The van der Waals surface area contributed by atoms with E-state index in [1.807, 2.05) is 37.2 Å². The van der Waals surface area contributed by atoms with Gasteiger partial charge in [-0.05, 0) is 25.0 Å². The van der Waals surface area contributed by atoms with Crippen molar-refractivity contribution in [1.29, 1.82) is 0 Å². The van der Waals surface area contributed by atoms with Crippen molar-refractivity contribution in [1.82, 2.24) is 15.6 Å². The third kappa shape index (κ3) is 5.10. The van der Waals surface area contributed by atoms with Gasteiger partial charge in [-0.2, -0.15) is 0 Å². The highest BCUT2D eigenvalue weighted by molar-refractivity contribution is 5.80. The average molecular weight is 362 g/mol. The number of unbranched alkanes of at least 4 members (excludes halogenated alkanes) is 1. The normalized spacial score (nSPS) is 21.8. The molecule has 26 heavy (non-hydrogen) atoms. The second kappa shape index (κ2) is 9.21. The lowest BCUT2D eigenvalue weighted by atomic mass is 9.64. The average Bonchev–Trinajstić information content (AvgIpc) is 2.63. The van der Waals surface area contributed by atoms with Gasteiger partial charge in [-0.15, -0.1) is 0 Å². The number of hydrogen-bond acceptors (Lipinski definition) is 4. The van der Waals surface area contributed by atoms with Gasteiger partial charge in [-0.1, -0.05) is 33.3 Å². The highest BCUT2D eigenvalue weighted by atomic mass is 16.5. The van der Waals surface area contributed by atoms with Crippen LogP contribution in [0.25, 0.3) is 0 Å². The summed E-state index contributed by atoms with van der Waals surface area (Å²) in [5.74, 6) is 1.77. The van der Waals surface area contributed by atoms with Gasteiger partial charge in [0.25, 0.3) is 0 Å². The van der Waals surface area contributed by atoms with E-state index in [2.05, 4.69) is 41.4 Å². The molecule has 0 spiro atoms. The summed E-state index contributed by atoms with van der Waals surface area (Å²) in [5.41, 5.74) is 1.10. The van der Waals surface area contributed by atoms with Crippen LogP contribution in [-0.4, -0.2) is 50.8 Å². The minimum atomic E-state index is 0.106. The van der Waals surface area contributed by atoms with E-state index < -0.39 is 0 Å². The number of pyridine rings is 1. The van der Waals surface area contributed by atoms with Crippen molar-refractivity contribution in [3.05, 3.63) is 23.9 Å². The molecule has 1 saturated carbocycles. The first-order valence-electron chi connectivity index (χ1n) is 9.60. The van der Waals surface area contributed by atoms with E-state index in [4.69, 9.17) is 4.74 Å². The highest BCUT2D eigenvalue weighted by Crippen LogP contribution is 2.42. The Morgan fingerprint density at radius 2 is 2.15 bits per heavy atom. The molecular formula is C20H35N5O. The summed E-state index contributed by atoms with van der Waals surface area (Å²) in [4.78, 5) is 11.0. The zero-order valence-electron chi connectivity index (χ0n) is 17.2. The van der Waals surface area contributed by atoms with E-state index in [1.54, 1.807) is 7.05 Å². The summed E-state index contributed by atoms with van der Waals surface area (Å²) in [7, 11) is 5.80. The number of guanidine groups is 1. The molecule has 0 saturated heterocycles. The van der Waals surface area contributed by atoms with Gasteiger partial charge >= 0.3 is 0 Å². The fourth-order valence-electron chi connectivity index (χ4n) is 3.13. The van der Waals surface area contributed by atoms with Crippen LogP contribution in [0.15, 0.2) is 23.2 Å². The zero-order valence-corrected chi connectivity index (χ0v) is 17.2. The third-order valence-electron chi connectivity index (χ3n) is 5.22. The minimum absolute atomic E-state index is 0.106. The Morgan fingerprint density at radius 3 is 2.77 bits per heavy atom. The fourth-order valence-corrected chi connectivity index (χ4v) is 3.13. The van der Waals surface area contributed by atoms with E-state index in [0.29, 0.717) is 18.7 Å². The van der Waals surface area contributed by atoms with Crippen molar-refractivity contribution in [2.24, 2.45) is 10.4 Å². The molecule has 1 aliphatic carbocycles. The zero-order chi connectivity index (χ0) is 19.2. The molecule has 1 aromatic heterocycles. The predicted molar refractivity (Wildman–Crippen MR) is 109 cm³/mol. The van der Waals surface area contributed by atoms with Gasteiger partial charge in [0.15, 0.2) is 5.96 Å². The standard InChI is InChI=1S/C20H35N5O/c1-7-8-12-26-17-13-16(20(17,2)3)24-19(21-4)22-14-15-10-9-11-18(23-15)25(5)6/h9-11,16-17H,7-8,12-14H2,1-6H3,(H2,21,22,24). The molecule has 1 aliphatic rings. The summed E-state index contributed by atoms with van der Waals surface area (Å²) < 4.78 is 6.03. The molecule has 6 nitrogen and oxygen atoms in total. The molecule has 2 unspecified atom stereocenters. The topological polar surface area (TPSA) is 61.8 Å². The Balaban J connectivity index is 1.84. The molecule has 1 heterocycles. The number of aliphatic imine (C=N–C) groups is 1. The van der Waals surface area contributed by atoms with Crippen LogP contribution in [-0.2, 0) is 11.3 Å². The molecule has 2 rings (SSSR count). The Hall–Kier alpha value is -1.82. The molecule has 0 radical (unpaired) electrons. The highest BCUT2D eigenvalue weighted by Gasteiger charge is 2.49. The van der Waals surface area contributed by atoms with E-state index >= 15 is 0 Å². The number of nitrogens with one attached hydrogen (secondary N) is 2. The molecule has 1 fully saturated rings. The number of aromatic nitrogens is 1. The van der Waals surface area contributed by atoms with E-state index in [-0.39, 0.29) is 5.41 Å². The predicted octanol–water partition coefficient (Wildman–Crippen LogP) is 2.80. The lowest BCUT2D eigenvalue weighted by molar-refractivity contribution is -0.113. The van der Waals surface area contributed by atoms with Crippen LogP contribution < -0.4 is 15.5 Å². The number of hydrogen-bond donors (Lipinski definition) is 2. The Bertz CT molecular complexity index is 600. The summed E-state index contributed by atoms with van der Waals surface area (Å²) in [6, 6.07) is 6.43. The maximum Gasteiger partial charge on any atom is 0.191 e. The van der Waals surface area contributed by atoms with Crippen molar-refractivity contribution in [3.63, 3.8) is 0 Å². The first-order chi connectivity index (χ1) is 12.4. The van der Waals surface area contributed by atoms with Crippen LogP contribution in [0.2, 0.25) is 0 Å². The molecule has 2 atom stereocenters. The van der Waals surface area contributed by atoms with Crippen molar-refractivity contribution in [2.45, 2.75) is 58.7 Å². The van der Waals surface area contributed by atoms with Crippen molar-refractivity contribution in [2.75, 3.05) is 32.6 Å². The van der Waals surface area contributed by atoms with E-state index in [0.717, 1.165) is 36.9 Å². The van der Waals surface area contributed by atoms with Crippen LogP contribution in [0.1, 0.15) is 45.7 Å². The summed E-state index contributed by atoms with van der Waals surface area (Å²) in [6.45, 7) is 8.22. The molecule has 0 amide bonds. The number of rotatable bonds is 8. The molecular weight excluding hydrogens is 326 g/mol. The number of ether oxygens (including phenoxy) is 1. The maximum atomic E-state index is 6.03. The Kier molecular flexibility index (Phi) is 7.26. The molecule has 0 bridgehead atoms. The fraction of sp³-hybridized carbons (Fsp3) is 0.700. The quantitative estimate of drug-likeness (QED) is 0.423. The van der Waals surface area contributed by atoms with Crippen molar-refractivity contribution in [3.8, 4) is 0 Å². The lowest BCUT2D eigenvalue weighted by Crippen LogP contribution is -2.63. The van der Waals surface area contributed by atoms with Gasteiger partial charge in [-0.3, -0.25) is 4.99 Å². The molecule has 0 aliphatic heterocycles. The SMILES string of the molecule is CCCCOC1CC(NC(=NC)NCc2cccc(N(C)C)n2)C1(C)C. The van der Waals surface area contributed by atoms with Gasteiger partial charge in [-0.25, -0.2) is 4.98 Å². The van der Waals surface area contributed by atoms with E-state index in [1.165, 1.54) is 6.42 Å². The lowest BCUT2D eigenvalue weighted by Gasteiger charge is -2.52.